The van der Waals surface area contributed by atoms with Crippen molar-refractivity contribution in [3.05, 3.63) is 48.3 Å². The highest BCUT2D eigenvalue weighted by atomic mass is 32.2. The Kier molecular flexibility index (Phi) is 5.67. The van der Waals surface area contributed by atoms with Crippen molar-refractivity contribution < 1.29 is 17.9 Å². The number of hydrogen-bond donors (Lipinski definition) is 1. The normalized spacial score (nSPS) is 11.7. The number of aromatic nitrogens is 2. The van der Waals surface area contributed by atoms with E-state index in [2.05, 4.69) is 14.3 Å². The third-order valence-corrected chi connectivity index (χ3v) is 5.82. The molecule has 1 N–H and O–H groups in total. The van der Waals surface area contributed by atoms with E-state index in [0.717, 1.165) is 16.9 Å². The molecular weight excluding hydrogens is 366 g/mol. The average molecular weight is 389 g/mol. The molecule has 0 aliphatic rings. The molecule has 0 spiro atoms. The zero-order valence-electron chi connectivity index (χ0n) is 15.6. The number of ether oxygens (including phenoxy) is 2. The molecule has 0 aliphatic heterocycles. The van der Waals surface area contributed by atoms with E-state index < -0.39 is 10.0 Å². The first-order valence-corrected chi connectivity index (χ1v) is 10.1. The van der Waals surface area contributed by atoms with Gasteiger partial charge in [-0.25, -0.2) is 18.1 Å². The van der Waals surface area contributed by atoms with Crippen molar-refractivity contribution in [3.63, 3.8) is 0 Å². The Labute approximate surface area is 159 Å². The minimum Gasteiger partial charge on any atom is -0.493 e. The average Bonchev–Trinajstić information content (AvgIpc) is 2.99. The molecule has 7 nitrogen and oxygen atoms in total. The van der Waals surface area contributed by atoms with Crippen molar-refractivity contribution in [2.24, 2.45) is 0 Å². The number of benzene rings is 2. The predicted octanol–water partition coefficient (Wildman–Crippen LogP) is 2.73. The van der Waals surface area contributed by atoms with Gasteiger partial charge in [0.1, 0.15) is 5.82 Å². The maximum Gasteiger partial charge on any atom is 0.240 e. The highest BCUT2D eigenvalue weighted by Gasteiger charge is 2.16. The number of imidazole rings is 1. The molecule has 3 rings (SSSR count). The van der Waals surface area contributed by atoms with Crippen LogP contribution in [0.4, 0.5) is 0 Å². The van der Waals surface area contributed by atoms with Gasteiger partial charge in [-0.2, -0.15) is 0 Å². The van der Waals surface area contributed by atoms with Crippen LogP contribution in [-0.4, -0.2) is 38.7 Å². The van der Waals surface area contributed by atoms with Crippen LogP contribution in [0.1, 0.15) is 12.2 Å². The van der Waals surface area contributed by atoms with Crippen molar-refractivity contribution in [3.8, 4) is 11.5 Å². The van der Waals surface area contributed by atoms with Gasteiger partial charge in [-0.1, -0.05) is 12.1 Å². The first-order chi connectivity index (χ1) is 13.0. The second kappa shape index (κ2) is 7.98. The number of methoxy groups -OCH3 is 2. The summed E-state index contributed by atoms with van der Waals surface area (Å²) in [6.45, 7) is 2.96. The quantitative estimate of drug-likeness (QED) is 0.599. The molecule has 0 saturated heterocycles. The third-order valence-electron chi connectivity index (χ3n) is 4.36. The Hall–Kier alpha value is -2.58. The lowest BCUT2D eigenvalue weighted by Crippen LogP contribution is -2.25. The van der Waals surface area contributed by atoms with Crippen LogP contribution in [0, 0.1) is 6.92 Å². The van der Waals surface area contributed by atoms with E-state index in [9.17, 15) is 8.42 Å². The van der Waals surface area contributed by atoms with Crippen molar-refractivity contribution in [2.75, 3.05) is 20.8 Å². The lowest BCUT2D eigenvalue weighted by Gasteiger charge is -2.11. The molecule has 0 amide bonds. The van der Waals surface area contributed by atoms with E-state index >= 15 is 0 Å². The van der Waals surface area contributed by atoms with E-state index in [1.54, 1.807) is 6.07 Å². The number of sulfonamides is 1. The molecule has 144 valence electrons. The molecular formula is C19H23N3O4S. The SMILES string of the molecule is COc1ccc(S(=O)(=O)NCCCn2c(C)nc3ccccc32)cc1OC. The Morgan fingerprint density at radius 3 is 2.56 bits per heavy atom. The summed E-state index contributed by atoms with van der Waals surface area (Å²) < 4.78 is 40.1. The van der Waals surface area contributed by atoms with Crippen LogP contribution in [0.2, 0.25) is 0 Å². The molecule has 0 bridgehead atoms. The summed E-state index contributed by atoms with van der Waals surface area (Å²) >= 11 is 0. The standard InChI is InChI=1S/C19H23N3O4S/c1-14-21-16-7-4-5-8-17(16)22(14)12-6-11-20-27(23,24)15-9-10-18(25-2)19(13-15)26-3/h4-5,7-10,13,20H,6,11-12H2,1-3H3. The van der Waals surface area contributed by atoms with Crippen LogP contribution in [-0.2, 0) is 16.6 Å². The van der Waals surface area contributed by atoms with Gasteiger partial charge < -0.3 is 14.0 Å². The largest absolute Gasteiger partial charge is 0.493 e. The molecule has 0 unspecified atom stereocenters. The zero-order chi connectivity index (χ0) is 19.4. The number of rotatable bonds is 8. The van der Waals surface area contributed by atoms with Gasteiger partial charge in [0.05, 0.1) is 30.1 Å². The van der Waals surface area contributed by atoms with E-state index in [-0.39, 0.29) is 4.90 Å². The first-order valence-electron chi connectivity index (χ1n) is 8.60. The topological polar surface area (TPSA) is 82.5 Å². The molecule has 0 aliphatic carbocycles. The molecule has 3 aromatic rings. The van der Waals surface area contributed by atoms with E-state index in [1.807, 2.05) is 31.2 Å². The molecule has 27 heavy (non-hydrogen) atoms. The number of aryl methyl sites for hydroxylation is 2. The maximum absolute atomic E-state index is 12.5. The number of hydrogen-bond acceptors (Lipinski definition) is 5. The van der Waals surface area contributed by atoms with Crippen LogP contribution in [0.5, 0.6) is 11.5 Å². The highest BCUT2D eigenvalue weighted by Crippen LogP contribution is 2.29. The van der Waals surface area contributed by atoms with Gasteiger partial charge >= 0.3 is 0 Å². The molecule has 8 heteroatoms. The molecule has 1 aromatic heterocycles. The number of fused-ring (bicyclic) bond motifs is 1. The van der Waals surface area contributed by atoms with Gasteiger partial charge in [0.15, 0.2) is 11.5 Å². The monoisotopic (exact) mass is 389 g/mol. The zero-order valence-corrected chi connectivity index (χ0v) is 16.4. The molecule has 1 heterocycles. The van der Waals surface area contributed by atoms with E-state index in [4.69, 9.17) is 9.47 Å². The van der Waals surface area contributed by atoms with E-state index in [0.29, 0.717) is 31.0 Å². The summed E-state index contributed by atoms with van der Waals surface area (Å²) in [5.41, 5.74) is 2.00. The molecule has 0 fully saturated rings. The third kappa shape index (κ3) is 4.06. The summed E-state index contributed by atoms with van der Waals surface area (Å²) in [6.07, 6.45) is 0.647. The summed E-state index contributed by atoms with van der Waals surface area (Å²) in [4.78, 5) is 4.67. The smallest absolute Gasteiger partial charge is 0.240 e. The Morgan fingerprint density at radius 1 is 1.07 bits per heavy atom. The van der Waals surface area contributed by atoms with Gasteiger partial charge in [-0.3, -0.25) is 0 Å². The van der Waals surface area contributed by atoms with Crippen LogP contribution in [0.25, 0.3) is 11.0 Å². The van der Waals surface area contributed by atoms with Gasteiger partial charge in [-0.15, -0.1) is 0 Å². The summed E-state index contributed by atoms with van der Waals surface area (Å²) in [5, 5.41) is 0. The predicted molar refractivity (Wildman–Crippen MR) is 104 cm³/mol. The highest BCUT2D eigenvalue weighted by molar-refractivity contribution is 7.89. The van der Waals surface area contributed by atoms with Crippen LogP contribution in [0.15, 0.2) is 47.4 Å². The summed E-state index contributed by atoms with van der Waals surface area (Å²) in [7, 11) is -0.644. The van der Waals surface area contributed by atoms with Gasteiger partial charge in [0.25, 0.3) is 0 Å². The fourth-order valence-electron chi connectivity index (χ4n) is 2.99. The van der Waals surface area contributed by atoms with Crippen LogP contribution in [0.3, 0.4) is 0 Å². The van der Waals surface area contributed by atoms with Crippen molar-refractivity contribution in [2.45, 2.75) is 24.8 Å². The molecule has 2 aromatic carbocycles. The number of nitrogens with zero attached hydrogens (tertiary/aromatic N) is 2. The Morgan fingerprint density at radius 2 is 1.81 bits per heavy atom. The molecule has 0 radical (unpaired) electrons. The van der Waals surface area contributed by atoms with Crippen LogP contribution >= 0.6 is 0 Å². The summed E-state index contributed by atoms with van der Waals surface area (Å²) in [6, 6.07) is 12.4. The lowest BCUT2D eigenvalue weighted by atomic mass is 10.3. The maximum atomic E-state index is 12.5. The first kappa shape index (κ1) is 19.2. The van der Waals surface area contributed by atoms with Crippen molar-refractivity contribution >= 4 is 21.1 Å². The number of para-hydroxylation sites is 2. The fourth-order valence-corrected chi connectivity index (χ4v) is 4.08. The Balaban J connectivity index is 1.65. The number of nitrogens with one attached hydrogen (secondary N) is 1. The molecule has 0 saturated carbocycles. The van der Waals surface area contributed by atoms with Crippen molar-refractivity contribution in [1.29, 1.82) is 0 Å². The minimum atomic E-state index is -3.62. The van der Waals surface area contributed by atoms with Crippen molar-refractivity contribution in [1.82, 2.24) is 14.3 Å². The second-order valence-electron chi connectivity index (χ2n) is 6.07. The van der Waals surface area contributed by atoms with E-state index in [1.165, 1.54) is 26.4 Å². The lowest BCUT2D eigenvalue weighted by molar-refractivity contribution is 0.354. The minimum absolute atomic E-state index is 0.143. The van der Waals surface area contributed by atoms with Gasteiger partial charge in [0, 0.05) is 19.2 Å². The second-order valence-corrected chi connectivity index (χ2v) is 7.83. The van der Waals surface area contributed by atoms with Gasteiger partial charge in [0.2, 0.25) is 10.0 Å². The van der Waals surface area contributed by atoms with Gasteiger partial charge in [-0.05, 0) is 37.6 Å². The fraction of sp³-hybridized carbons (Fsp3) is 0.316. The van der Waals surface area contributed by atoms with Crippen LogP contribution < -0.4 is 14.2 Å². The molecule has 0 atom stereocenters. The Bertz CT molecular complexity index is 1040. The summed E-state index contributed by atoms with van der Waals surface area (Å²) in [5.74, 6) is 1.78.